The van der Waals surface area contributed by atoms with E-state index in [-0.39, 0.29) is 0 Å². The van der Waals surface area contributed by atoms with Gasteiger partial charge in [0.1, 0.15) is 0 Å². The lowest BCUT2D eigenvalue weighted by Gasteiger charge is -2.35. The molecule has 1 saturated heterocycles. The molecule has 32 heavy (non-hydrogen) atoms. The summed E-state index contributed by atoms with van der Waals surface area (Å²) in [6, 6.07) is 21.0. The maximum absolute atomic E-state index is 4.26. The van der Waals surface area contributed by atoms with Crippen molar-refractivity contribution in [1.82, 2.24) is 15.5 Å². The largest absolute Gasteiger partial charge is 0.385 e. The fourth-order valence-corrected chi connectivity index (χ4v) is 5.23. The minimum absolute atomic E-state index is 0.747. The first-order chi connectivity index (χ1) is 15.8. The summed E-state index contributed by atoms with van der Waals surface area (Å²) in [5, 5.41) is 7.48. The molecule has 0 radical (unpaired) electrons. The Labute approximate surface area is 195 Å². The van der Waals surface area contributed by atoms with Crippen LogP contribution >= 0.6 is 0 Å². The van der Waals surface area contributed by atoms with Gasteiger partial charge in [-0.3, -0.25) is 0 Å². The molecule has 0 atom stereocenters. The summed E-state index contributed by atoms with van der Waals surface area (Å²) < 4.78 is 0. The maximum atomic E-state index is 4.26. The fourth-order valence-electron chi connectivity index (χ4n) is 5.23. The molecule has 0 bridgehead atoms. The summed E-state index contributed by atoms with van der Waals surface area (Å²) in [5.41, 5.74) is 4.92. The average molecular weight is 432 g/mol. The van der Waals surface area contributed by atoms with E-state index in [1.807, 2.05) is 0 Å². The molecule has 172 valence electrons. The quantitative estimate of drug-likeness (QED) is 0.479. The molecule has 2 aromatic carbocycles. The third kappa shape index (κ3) is 7.21. The van der Waals surface area contributed by atoms with Gasteiger partial charge in [0.05, 0.1) is 0 Å². The molecule has 0 aromatic heterocycles. The zero-order valence-electron chi connectivity index (χ0n) is 19.7. The lowest BCUT2D eigenvalue weighted by molar-refractivity contribution is 0.183. The SMILES string of the molecule is C=C(NCCCN1CCC(NC2CCCCC2)CC1)c1ccc(Cc2ccccc2)cc1. The van der Waals surface area contributed by atoms with Crippen molar-refractivity contribution in [2.24, 2.45) is 0 Å². The van der Waals surface area contributed by atoms with Crippen LogP contribution in [0.15, 0.2) is 61.2 Å². The van der Waals surface area contributed by atoms with Gasteiger partial charge in [-0.2, -0.15) is 0 Å². The summed E-state index contributed by atoms with van der Waals surface area (Å²) in [6.07, 6.45) is 11.9. The number of nitrogens with zero attached hydrogens (tertiary/aromatic N) is 1. The number of likely N-dealkylation sites (tertiary alicyclic amines) is 1. The molecule has 3 nitrogen and oxygen atoms in total. The zero-order chi connectivity index (χ0) is 22.0. The van der Waals surface area contributed by atoms with Crippen LogP contribution in [0.1, 0.15) is 68.1 Å². The number of hydrogen-bond donors (Lipinski definition) is 2. The van der Waals surface area contributed by atoms with Crippen LogP contribution in [-0.4, -0.2) is 43.2 Å². The van der Waals surface area contributed by atoms with Gasteiger partial charge < -0.3 is 15.5 Å². The Morgan fingerprint density at radius 3 is 2.19 bits per heavy atom. The van der Waals surface area contributed by atoms with Crippen LogP contribution in [-0.2, 0) is 6.42 Å². The Hall–Kier alpha value is -2.10. The van der Waals surface area contributed by atoms with Gasteiger partial charge >= 0.3 is 0 Å². The Kier molecular flexibility index (Phi) is 8.81. The van der Waals surface area contributed by atoms with Crippen molar-refractivity contribution in [3.05, 3.63) is 77.9 Å². The third-order valence-electron chi connectivity index (χ3n) is 7.21. The highest BCUT2D eigenvalue weighted by atomic mass is 15.1. The highest BCUT2D eigenvalue weighted by molar-refractivity contribution is 5.61. The Morgan fingerprint density at radius 2 is 1.47 bits per heavy atom. The van der Waals surface area contributed by atoms with E-state index in [0.717, 1.165) is 30.7 Å². The van der Waals surface area contributed by atoms with Crippen molar-refractivity contribution in [2.45, 2.75) is 69.9 Å². The number of nitrogens with one attached hydrogen (secondary N) is 2. The lowest BCUT2D eigenvalue weighted by atomic mass is 9.93. The molecular formula is C29H41N3. The van der Waals surface area contributed by atoms with E-state index >= 15 is 0 Å². The second kappa shape index (κ2) is 12.2. The first-order valence-corrected chi connectivity index (χ1v) is 12.8. The molecule has 2 aromatic rings. The Bertz CT molecular complexity index is 800. The van der Waals surface area contributed by atoms with Crippen LogP contribution in [0.3, 0.4) is 0 Å². The molecular weight excluding hydrogens is 390 g/mol. The van der Waals surface area contributed by atoms with Crippen LogP contribution in [0.2, 0.25) is 0 Å². The summed E-state index contributed by atoms with van der Waals surface area (Å²) in [6.45, 7) is 8.92. The molecule has 2 fully saturated rings. The summed E-state index contributed by atoms with van der Waals surface area (Å²) in [4.78, 5) is 2.64. The first-order valence-electron chi connectivity index (χ1n) is 12.8. The zero-order valence-corrected chi connectivity index (χ0v) is 19.7. The average Bonchev–Trinajstić information content (AvgIpc) is 2.84. The Morgan fingerprint density at radius 1 is 0.812 bits per heavy atom. The summed E-state index contributed by atoms with van der Waals surface area (Å²) in [5.74, 6) is 0. The summed E-state index contributed by atoms with van der Waals surface area (Å²) in [7, 11) is 0. The number of benzene rings is 2. The normalized spacial score (nSPS) is 18.5. The van der Waals surface area contributed by atoms with Gasteiger partial charge in [-0.1, -0.05) is 80.4 Å². The van der Waals surface area contributed by atoms with Gasteiger partial charge in [-0.15, -0.1) is 0 Å². The molecule has 2 aliphatic rings. The van der Waals surface area contributed by atoms with Crippen LogP contribution in [0.25, 0.3) is 5.70 Å². The Balaban J connectivity index is 1.10. The van der Waals surface area contributed by atoms with Crippen LogP contribution in [0.4, 0.5) is 0 Å². The third-order valence-corrected chi connectivity index (χ3v) is 7.21. The van der Waals surface area contributed by atoms with Crippen molar-refractivity contribution in [2.75, 3.05) is 26.2 Å². The van der Waals surface area contributed by atoms with Crippen molar-refractivity contribution in [1.29, 1.82) is 0 Å². The smallest absolute Gasteiger partial charge is 0.0340 e. The second-order valence-corrected chi connectivity index (χ2v) is 9.74. The van der Waals surface area contributed by atoms with Crippen LogP contribution < -0.4 is 10.6 Å². The van der Waals surface area contributed by atoms with E-state index in [2.05, 4.69) is 76.7 Å². The highest BCUT2D eigenvalue weighted by Crippen LogP contribution is 2.20. The number of piperidine rings is 1. The van der Waals surface area contributed by atoms with Crippen molar-refractivity contribution < 1.29 is 0 Å². The predicted octanol–water partition coefficient (Wildman–Crippen LogP) is 5.61. The highest BCUT2D eigenvalue weighted by Gasteiger charge is 2.22. The van der Waals surface area contributed by atoms with E-state index in [4.69, 9.17) is 0 Å². The van der Waals surface area contributed by atoms with Gasteiger partial charge in [-0.05, 0) is 74.8 Å². The maximum Gasteiger partial charge on any atom is 0.0340 e. The molecule has 0 amide bonds. The fraction of sp³-hybridized carbons (Fsp3) is 0.517. The van der Waals surface area contributed by atoms with E-state index in [1.54, 1.807) is 0 Å². The van der Waals surface area contributed by atoms with E-state index in [9.17, 15) is 0 Å². The van der Waals surface area contributed by atoms with Gasteiger partial charge in [0.2, 0.25) is 0 Å². The summed E-state index contributed by atoms with van der Waals surface area (Å²) >= 11 is 0. The van der Waals surface area contributed by atoms with Crippen molar-refractivity contribution in [3.63, 3.8) is 0 Å². The van der Waals surface area contributed by atoms with Crippen molar-refractivity contribution in [3.8, 4) is 0 Å². The van der Waals surface area contributed by atoms with Crippen LogP contribution in [0.5, 0.6) is 0 Å². The second-order valence-electron chi connectivity index (χ2n) is 9.74. The first kappa shape index (κ1) is 23.1. The molecule has 1 heterocycles. The van der Waals surface area contributed by atoms with E-state index in [0.29, 0.717) is 0 Å². The van der Waals surface area contributed by atoms with Crippen molar-refractivity contribution >= 4 is 5.70 Å². The molecule has 1 aliphatic heterocycles. The number of rotatable bonds is 10. The van der Waals surface area contributed by atoms with Gasteiger partial charge in [-0.25, -0.2) is 0 Å². The van der Waals surface area contributed by atoms with Gasteiger partial charge in [0, 0.05) is 24.3 Å². The standard InChI is InChI=1S/C29H41N3/c1-24(27-15-13-26(14-16-27)23-25-9-4-2-5-10-25)30-19-8-20-32-21-17-29(18-22-32)31-28-11-6-3-7-12-28/h2,4-5,9-10,13-16,28-31H,1,3,6-8,11-12,17-23H2. The molecule has 4 rings (SSSR count). The predicted molar refractivity (Wildman–Crippen MR) is 137 cm³/mol. The van der Waals surface area contributed by atoms with Crippen LogP contribution in [0, 0.1) is 0 Å². The van der Waals surface area contributed by atoms with Gasteiger partial charge in [0.25, 0.3) is 0 Å². The minimum Gasteiger partial charge on any atom is -0.385 e. The molecule has 3 heteroatoms. The minimum atomic E-state index is 0.747. The molecule has 0 spiro atoms. The molecule has 0 unspecified atom stereocenters. The van der Waals surface area contributed by atoms with Gasteiger partial charge in [0.15, 0.2) is 0 Å². The van der Waals surface area contributed by atoms with E-state index < -0.39 is 0 Å². The van der Waals surface area contributed by atoms with E-state index in [1.165, 1.54) is 87.7 Å². The molecule has 2 N–H and O–H groups in total. The number of hydrogen-bond acceptors (Lipinski definition) is 3. The molecule has 1 saturated carbocycles. The monoisotopic (exact) mass is 431 g/mol. The topological polar surface area (TPSA) is 27.3 Å². The lowest BCUT2D eigenvalue weighted by Crippen LogP contribution is -2.47. The molecule has 1 aliphatic carbocycles.